The normalized spacial score (nSPS) is 11.9. The van der Waals surface area contributed by atoms with E-state index in [0.717, 1.165) is 11.3 Å². The van der Waals surface area contributed by atoms with Crippen molar-refractivity contribution in [2.45, 2.75) is 13.0 Å². The number of carbonyl (C=O) groups is 1. The Balaban J connectivity index is 1.69. The number of nitrogens with one attached hydrogen (secondary N) is 1. The van der Waals surface area contributed by atoms with Gasteiger partial charge in [0.2, 0.25) is 0 Å². The highest BCUT2D eigenvalue weighted by Crippen LogP contribution is 2.17. The van der Waals surface area contributed by atoms with Gasteiger partial charge in [-0.05, 0) is 48.9 Å². The summed E-state index contributed by atoms with van der Waals surface area (Å²) in [7, 11) is 0. The second kappa shape index (κ2) is 6.67. The number of hydrogen-bond acceptors (Lipinski definition) is 2. The summed E-state index contributed by atoms with van der Waals surface area (Å²) >= 11 is 5.84. The predicted molar refractivity (Wildman–Crippen MR) is 90.9 cm³/mol. The van der Waals surface area contributed by atoms with Crippen LogP contribution in [0.3, 0.4) is 0 Å². The minimum absolute atomic E-state index is 0.0879. The molecule has 5 heteroatoms. The molecule has 1 amide bonds. The van der Waals surface area contributed by atoms with E-state index in [1.54, 1.807) is 36.8 Å². The molecule has 1 atom stereocenters. The van der Waals surface area contributed by atoms with E-state index in [-0.39, 0.29) is 11.9 Å². The molecule has 1 aromatic heterocycles. The lowest BCUT2D eigenvalue weighted by atomic mass is 10.1. The van der Waals surface area contributed by atoms with E-state index in [1.807, 2.05) is 42.0 Å². The van der Waals surface area contributed by atoms with Gasteiger partial charge in [-0.1, -0.05) is 23.7 Å². The first-order valence-electron chi connectivity index (χ1n) is 7.28. The van der Waals surface area contributed by atoms with Crippen molar-refractivity contribution < 1.29 is 4.79 Å². The van der Waals surface area contributed by atoms with E-state index in [4.69, 9.17) is 11.6 Å². The van der Waals surface area contributed by atoms with Gasteiger partial charge in [0, 0.05) is 28.7 Å². The molecule has 0 bridgehead atoms. The van der Waals surface area contributed by atoms with Crippen LogP contribution in [0.5, 0.6) is 0 Å². The average Bonchev–Trinajstić information content (AvgIpc) is 3.10. The number of amides is 1. The first kappa shape index (κ1) is 15.3. The fraction of sp³-hybridized carbons (Fsp3) is 0.111. The van der Waals surface area contributed by atoms with Crippen LogP contribution >= 0.6 is 11.6 Å². The third-order valence-corrected chi connectivity index (χ3v) is 3.90. The average molecular weight is 326 g/mol. The number of halogens is 1. The molecule has 1 unspecified atom stereocenters. The number of rotatable bonds is 4. The van der Waals surface area contributed by atoms with Crippen LogP contribution < -0.4 is 5.32 Å². The molecule has 23 heavy (non-hydrogen) atoms. The molecule has 2 aromatic carbocycles. The molecule has 1 N–H and O–H groups in total. The highest BCUT2D eigenvalue weighted by molar-refractivity contribution is 6.30. The van der Waals surface area contributed by atoms with Crippen molar-refractivity contribution >= 4 is 17.5 Å². The molecule has 0 radical (unpaired) electrons. The van der Waals surface area contributed by atoms with Gasteiger partial charge in [0.15, 0.2) is 0 Å². The van der Waals surface area contributed by atoms with Gasteiger partial charge in [0.05, 0.1) is 12.4 Å². The third-order valence-electron chi connectivity index (χ3n) is 3.65. The van der Waals surface area contributed by atoms with E-state index in [2.05, 4.69) is 10.3 Å². The standard InChI is InChI=1S/C18H16ClN3O/c1-13(21-18(23)15-2-6-16(19)7-3-15)14-4-8-17(9-5-14)22-11-10-20-12-22/h2-13H,1H3,(H,21,23). The van der Waals surface area contributed by atoms with Crippen molar-refractivity contribution in [3.63, 3.8) is 0 Å². The molecular formula is C18H16ClN3O. The summed E-state index contributed by atoms with van der Waals surface area (Å²) in [6, 6.07) is 14.8. The van der Waals surface area contributed by atoms with Crippen molar-refractivity contribution in [1.82, 2.24) is 14.9 Å². The molecule has 116 valence electrons. The summed E-state index contributed by atoms with van der Waals surface area (Å²) in [5.74, 6) is -0.118. The Morgan fingerprint density at radius 3 is 2.43 bits per heavy atom. The largest absolute Gasteiger partial charge is 0.346 e. The van der Waals surface area contributed by atoms with Crippen LogP contribution in [0.4, 0.5) is 0 Å². The van der Waals surface area contributed by atoms with Crippen LogP contribution in [-0.4, -0.2) is 15.5 Å². The van der Waals surface area contributed by atoms with Gasteiger partial charge in [-0.3, -0.25) is 4.79 Å². The SMILES string of the molecule is CC(NC(=O)c1ccc(Cl)cc1)c1ccc(-n2ccnc2)cc1. The Hall–Kier alpha value is -2.59. The van der Waals surface area contributed by atoms with Crippen LogP contribution in [0, 0.1) is 0 Å². The Labute approximate surface area is 139 Å². The quantitative estimate of drug-likeness (QED) is 0.787. The first-order chi connectivity index (χ1) is 11.1. The van der Waals surface area contributed by atoms with Crippen LogP contribution in [0.1, 0.15) is 28.9 Å². The summed E-state index contributed by atoms with van der Waals surface area (Å²) in [5, 5.41) is 3.60. The summed E-state index contributed by atoms with van der Waals surface area (Å²) in [6.07, 6.45) is 5.38. The Kier molecular flexibility index (Phi) is 4.44. The molecule has 1 heterocycles. The second-order valence-corrected chi connectivity index (χ2v) is 5.70. The van der Waals surface area contributed by atoms with Crippen molar-refractivity contribution in [3.8, 4) is 5.69 Å². The number of hydrogen-bond donors (Lipinski definition) is 1. The highest BCUT2D eigenvalue weighted by atomic mass is 35.5. The highest BCUT2D eigenvalue weighted by Gasteiger charge is 2.11. The fourth-order valence-corrected chi connectivity index (χ4v) is 2.44. The molecule has 0 saturated heterocycles. The predicted octanol–water partition coefficient (Wildman–Crippen LogP) is 4.02. The number of aromatic nitrogens is 2. The Morgan fingerprint density at radius 1 is 1.13 bits per heavy atom. The lowest BCUT2D eigenvalue weighted by Crippen LogP contribution is -2.26. The molecule has 0 aliphatic carbocycles. The maximum absolute atomic E-state index is 12.2. The van der Waals surface area contributed by atoms with Crippen molar-refractivity contribution in [2.75, 3.05) is 0 Å². The Bertz CT molecular complexity index is 780. The zero-order valence-electron chi connectivity index (χ0n) is 12.6. The zero-order valence-corrected chi connectivity index (χ0v) is 13.4. The van der Waals surface area contributed by atoms with E-state index in [1.165, 1.54) is 0 Å². The minimum Gasteiger partial charge on any atom is -0.346 e. The van der Waals surface area contributed by atoms with Gasteiger partial charge in [-0.15, -0.1) is 0 Å². The van der Waals surface area contributed by atoms with E-state index in [0.29, 0.717) is 10.6 Å². The molecule has 3 aromatic rings. The monoisotopic (exact) mass is 325 g/mol. The van der Waals surface area contributed by atoms with Crippen LogP contribution in [0.15, 0.2) is 67.3 Å². The molecule has 0 fully saturated rings. The van der Waals surface area contributed by atoms with Gasteiger partial charge in [0.1, 0.15) is 0 Å². The molecule has 4 nitrogen and oxygen atoms in total. The van der Waals surface area contributed by atoms with E-state index in [9.17, 15) is 4.79 Å². The number of imidazole rings is 1. The molecular weight excluding hydrogens is 310 g/mol. The van der Waals surface area contributed by atoms with Crippen molar-refractivity contribution in [2.24, 2.45) is 0 Å². The van der Waals surface area contributed by atoms with Gasteiger partial charge in [-0.2, -0.15) is 0 Å². The zero-order chi connectivity index (χ0) is 16.2. The lowest BCUT2D eigenvalue weighted by Gasteiger charge is -2.15. The van der Waals surface area contributed by atoms with E-state index < -0.39 is 0 Å². The topological polar surface area (TPSA) is 46.9 Å². The summed E-state index contributed by atoms with van der Waals surface area (Å²) in [6.45, 7) is 1.96. The maximum Gasteiger partial charge on any atom is 0.251 e. The molecule has 0 aliphatic rings. The lowest BCUT2D eigenvalue weighted by molar-refractivity contribution is 0.0940. The number of benzene rings is 2. The third kappa shape index (κ3) is 3.60. The van der Waals surface area contributed by atoms with Gasteiger partial charge in [-0.25, -0.2) is 4.98 Å². The van der Waals surface area contributed by atoms with Crippen LogP contribution in [0.25, 0.3) is 5.69 Å². The smallest absolute Gasteiger partial charge is 0.251 e. The number of carbonyl (C=O) groups excluding carboxylic acids is 1. The minimum atomic E-state index is -0.118. The van der Waals surface area contributed by atoms with Crippen molar-refractivity contribution in [1.29, 1.82) is 0 Å². The maximum atomic E-state index is 12.2. The summed E-state index contributed by atoms with van der Waals surface area (Å²) in [5.41, 5.74) is 2.66. The molecule has 3 rings (SSSR count). The Morgan fingerprint density at radius 2 is 1.83 bits per heavy atom. The number of nitrogens with zero attached hydrogens (tertiary/aromatic N) is 2. The fourth-order valence-electron chi connectivity index (χ4n) is 2.31. The molecule has 0 spiro atoms. The van der Waals surface area contributed by atoms with Gasteiger partial charge < -0.3 is 9.88 Å². The van der Waals surface area contributed by atoms with Crippen LogP contribution in [-0.2, 0) is 0 Å². The van der Waals surface area contributed by atoms with Gasteiger partial charge >= 0.3 is 0 Å². The summed E-state index contributed by atoms with van der Waals surface area (Å²) < 4.78 is 1.93. The van der Waals surface area contributed by atoms with Gasteiger partial charge in [0.25, 0.3) is 5.91 Å². The van der Waals surface area contributed by atoms with Crippen molar-refractivity contribution in [3.05, 3.63) is 83.4 Å². The van der Waals surface area contributed by atoms with Crippen LogP contribution in [0.2, 0.25) is 5.02 Å². The van der Waals surface area contributed by atoms with E-state index >= 15 is 0 Å². The summed E-state index contributed by atoms with van der Waals surface area (Å²) in [4.78, 5) is 16.3. The molecule has 0 aliphatic heterocycles. The molecule has 0 saturated carbocycles. The first-order valence-corrected chi connectivity index (χ1v) is 7.66. The second-order valence-electron chi connectivity index (χ2n) is 5.26.